The van der Waals surface area contributed by atoms with Gasteiger partial charge in [0.05, 0.1) is 5.56 Å². The fraction of sp³-hybridized carbons (Fsp3) is 0.0714. The fourth-order valence-corrected chi connectivity index (χ4v) is 2.03. The van der Waals surface area contributed by atoms with Gasteiger partial charge in [0, 0.05) is 6.07 Å². The highest BCUT2D eigenvalue weighted by molar-refractivity contribution is 5.85. The van der Waals surface area contributed by atoms with Gasteiger partial charge in [-0.05, 0) is 18.6 Å². The van der Waals surface area contributed by atoms with E-state index in [4.69, 9.17) is 10.3 Å². The van der Waals surface area contributed by atoms with E-state index >= 15 is 0 Å². The van der Waals surface area contributed by atoms with Crippen LogP contribution in [-0.2, 0) is 0 Å². The van der Waals surface area contributed by atoms with Crippen LogP contribution in [0.2, 0.25) is 0 Å². The normalized spacial score (nSPS) is 10.7. The van der Waals surface area contributed by atoms with Crippen LogP contribution in [0.1, 0.15) is 5.56 Å². The van der Waals surface area contributed by atoms with Crippen LogP contribution < -0.4 is 11.3 Å². The van der Waals surface area contributed by atoms with Crippen molar-refractivity contribution in [3.8, 4) is 22.6 Å². The zero-order valence-electron chi connectivity index (χ0n) is 10.8. The number of rotatable bonds is 2. The van der Waals surface area contributed by atoms with Crippen LogP contribution in [0.4, 0.5) is 5.82 Å². The molecule has 0 bridgehead atoms. The van der Waals surface area contributed by atoms with Gasteiger partial charge in [0.2, 0.25) is 0 Å². The van der Waals surface area contributed by atoms with E-state index in [2.05, 4.69) is 15.4 Å². The second-order valence-corrected chi connectivity index (χ2v) is 4.45. The Morgan fingerprint density at radius 2 is 2.10 bits per heavy atom. The average Bonchev–Trinajstić information content (AvgIpc) is 2.81. The molecule has 0 saturated carbocycles. The molecule has 0 atom stereocenters. The summed E-state index contributed by atoms with van der Waals surface area (Å²) in [6.45, 7) is 1.99. The molecule has 0 fully saturated rings. The molecule has 2 heterocycles. The molecule has 3 rings (SSSR count). The minimum atomic E-state index is -0.279. The Kier molecular flexibility index (Phi) is 2.83. The smallest absolute Gasteiger partial charge is 0.264 e. The van der Waals surface area contributed by atoms with Gasteiger partial charge in [0.25, 0.3) is 5.56 Å². The summed E-state index contributed by atoms with van der Waals surface area (Å²) in [6, 6.07) is 10.8. The van der Waals surface area contributed by atoms with Gasteiger partial charge in [-0.3, -0.25) is 4.79 Å². The zero-order chi connectivity index (χ0) is 14.1. The number of aromatic nitrogens is 3. The van der Waals surface area contributed by atoms with Crippen LogP contribution in [0.25, 0.3) is 22.6 Å². The van der Waals surface area contributed by atoms with Crippen molar-refractivity contribution < 1.29 is 4.52 Å². The maximum atomic E-state index is 11.1. The van der Waals surface area contributed by atoms with Crippen LogP contribution in [0.3, 0.4) is 0 Å². The van der Waals surface area contributed by atoms with Gasteiger partial charge in [-0.1, -0.05) is 35.0 Å². The summed E-state index contributed by atoms with van der Waals surface area (Å²) < 4.78 is 5.26. The fourth-order valence-electron chi connectivity index (χ4n) is 2.03. The molecule has 0 unspecified atom stereocenters. The Morgan fingerprint density at radius 3 is 2.80 bits per heavy atom. The topological polar surface area (TPSA) is 97.8 Å². The van der Waals surface area contributed by atoms with Crippen molar-refractivity contribution in [1.82, 2.24) is 15.4 Å². The number of nitrogen functional groups attached to an aromatic ring is 1. The summed E-state index contributed by atoms with van der Waals surface area (Å²) in [5.74, 6) is 0.725. The first-order valence-electron chi connectivity index (χ1n) is 6.03. The second kappa shape index (κ2) is 4.65. The molecule has 3 aromatic rings. The van der Waals surface area contributed by atoms with Crippen LogP contribution in [-0.4, -0.2) is 15.4 Å². The highest BCUT2D eigenvalue weighted by Crippen LogP contribution is 2.35. The molecular weight excluding hydrogens is 256 g/mol. The van der Waals surface area contributed by atoms with E-state index in [0.29, 0.717) is 22.8 Å². The van der Waals surface area contributed by atoms with Gasteiger partial charge in [-0.2, -0.15) is 5.10 Å². The van der Waals surface area contributed by atoms with E-state index in [-0.39, 0.29) is 5.56 Å². The molecule has 0 amide bonds. The highest BCUT2D eigenvalue weighted by atomic mass is 16.5. The molecule has 0 spiro atoms. The standard InChI is InChI=1S/C14H12N4O2/c1-8-3-2-4-9(7-8)12-13(20-18-14(12)15)10-5-6-11(19)17-16-10/h2-7H,1H3,(H2,15,18)(H,17,19). The molecule has 20 heavy (non-hydrogen) atoms. The van der Waals surface area contributed by atoms with E-state index in [9.17, 15) is 4.79 Å². The molecule has 0 aliphatic rings. The minimum Gasteiger partial charge on any atom is -0.380 e. The number of hydrogen-bond donors (Lipinski definition) is 2. The summed E-state index contributed by atoms with van der Waals surface area (Å²) in [5, 5.41) is 10.1. The molecule has 0 aliphatic carbocycles. The lowest BCUT2D eigenvalue weighted by molar-refractivity contribution is 0.434. The first-order valence-corrected chi connectivity index (χ1v) is 6.03. The Bertz CT molecular complexity index is 800. The van der Waals surface area contributed by atoms with Crippen molar-refractivity contribution in [2.24, 2.45) is 0 Å². The molecule has 1 aromatic carbocycles. The summed E-state index contributed by atoms with van der Waals surface area (Å²) >= 11 is 0. The van der Waals surface area contributed by atoms with E-state index in [1.807, 2.05) is 31.2 Å². The first-order chi connectivity index (χ1) is 9.65. The summed E-state index contributed by atoms with van der Waals surface area (Å²) in [6.07, 6.45) is 0. The van der Waals surface area contributed by atoms with E-state index < -0.39 is 0 Å². The third-order valence-electron chi connectivity index (χ3n) is 2.94. The van der Waals surface area contributed by atoms with E-state index in [0.717, 1.165) is 11.1 Å². The van der Waals surface area contributed by atoms with Gasteiger partial charge in [0.1, 0.15) is 5.69 Å². The SMILES string of the molecule is Cc1cccc(-c2c(N)noc2-c2ccc(=O)[nH]n2)c1. The number of nitrogens with two attached hydrogens (primary N) is 1. The lowest BCUT2D eigenvalue weighted by Crippen LogP contribution is -2.05. The lowest BCUT2D eigenvalue weighted by atomic mass is 10.0. The third kappa shape index (κ3) is 2.07. The minimum absolute atomic E-state index is 0.279. The number of aryl methyl sites for hydroxylation is 1. The maximum Gasteiger partial charge on any atom is 0.264 e. The Hall–Kier alpha value is -2.89. The predicted molar refractivity (Wildman–Crippen MR) is 74.9 cm³/mol. The number of aromatic amines is 1. The summed E-state index contributed by atoms with van der Waals surface area (Å²) in [4.78, 5) is 11.1. The number of anilines is 1. The van der Waals surface area contributed by atoms with Gasteiger partial charge in [-0.15, -0.1) is 0 Å². The summed E-state index contributed by atoms with van der Waals surface area (Å²) in [5.41, 5.74) is 8.75. The average molecular weight is 268 g/mol. The van der Waals surface area contributed by atoms with Crippen molar-refractivity contribution in [3.63, 3.8) is 0 Å². The lowest BCUT2D eigenvalue weighted by Gasteiger charge is -2.03. The van der Waals surface area contributed by atoms with Crippen molar-refractivity contribution >= 4 is 5.82 Å². The highest BCUT2D eigenvalue weighted by Gasteiger charge is 2.18. The molecule has 6 heteroatoms. The number of benzene rings is 1. The van der Waals surface area contributed by atoms with Crippen LogP contribution in [0, 0.1) is 6.92 Å². The molecule has 0 saturated heterocycles. The largest absolute Gasteiger partial charge is 0.380 e. The first kappa shape index (κ1) is 12.2. The number of nitrogens with zero attached hydrogens (tertiary/aromatic N) is 2. The van der Waals surface area contributed by atoms with E-state index in [1.54, 1.807) is 6.07 Å². The van der Waals surface area contributed by atoms with Crippen molar-refractivity contribution in [1.29, 1.82) is 0 Å². The van der Waals surface area contributed by atoms with Crippen LogP contribution in [0.15, 0.2) is 45.7 Å². The van der Waals surface area contributed by atoms with Crippen molar-refractivity contribution in [2.45, 2.75) is 6.92 Å². The van der Waals surface area contributed by atoms with Crippen LogP contribution in [0.5, 0.6) is 0 Å². The number of nitrogens with one attached hydrogen (secondary N) is 1. The zero-order valence-corrected chi connectivity index (χ0v) is 10.8. The molecule has 2 aromatic heterocycles. The molecular formula is C14H12N4O2. The quantitative estimate of drug-likeness (QED) is 0.740. The molecule has 0 radical (unpaired) electrons. The maximum absolute atomic E-state index is 11.1. The van der Waals surface area contributed by atoms with Gasteiger partial charge in [-0.25, -0.2) is 5.10 Å². The summed E-state index contributed by atoms with van der Waals surface area (Å²) in [7, 11) is 0. The number of hydrogen-bond acceptors (Lipinski definition) is 5. The van der Waals surface area contributed by atoms with Gasteiger partial charge >= 0.3 is 0 Å². The Morgan fingerprint density at radius 1 is 1.25 bits per heavy atom. The van der Waals surface area contributed by atoms with Crippen molar-refractivity contribution in [3.05, 3.63) is 52.3 Å². The van der Waals surface area contributed by atoms with Crippen LogP contribution >= 0.6 is 0 Å². The Labute approximate surface area is 114 Å². The molecule has 3 N–H and O–H groups in total. The number of H-pyrrole nitrogens is 1. The third-order valence-corrected chi connectivity index (χ3v) is 2.94. The molecule has 6 nitrogen and oxygen atoms in total. The van der Waals surface area contributed by atoms with Gasteiger partial charge < -0.3 is 10.3 Å². The predicted octanol–water partition coefficient (Wildman–Crippen LogP) is 1.98. The van der Waals surface area contributed by atoms with Gasteiger partial charge in [0.15, 0.2) is 11.6 Å². The second-order valence-electron chi connectivity index (χ2n) is 4.45. The van der Waals surface area contributed by atoms with Crippen molar-refractivity contribution in [2.75, 3.05) is 5.73 Å². The van der Waals surface area contributed by atoms with E-state index in [1.165, 1.54) is 6.07 Å². The Balaban J connectivity index is 2.19. The molecule has 0 aliphatic heterocycles. The monoisotopic (exact) mass is 268 g/mol. The molecule has 100 valence electrons.